The molecule has 3 aliphatic rings. The largest absolute Gasteiger partial charge is 0.379 e. The fourth-order valence-electron chi connectivity index (χ4n) is 5.70. The molecule has 0 spiro atoms. The van der Waals surface area contributed by atoms with Gasteiger partial charge in [0.15, 0.2) is 0 Å². The van der Waals surface area contributed by atoms with E-state index in [0.717, 1.165) is 70.8 Å². The highest BCUT2D eigenvalue weighted by Crippen LogP contribution is 2.41. The minimum absolute atomic E-state index is 0.766. The Labute approximate surface area is 206 Å². The summed E-state index contributed by atoms with van der Waals surface area (Å²) in [7, 11) is 0. The van der Waals surface area contributed by atoms with E-state index in [4.69, 9.17) is 14.7 Å². The number of thiophene rings is 1. The molecular weight excluding hydrogens is 442 g/mol. The zero-order valence-electron chi connectivity index (χ0n) is 20.4. The van der Waals surface area contributed by atoms with Crippen LogP contribution in [0.4, 0.5) is 11.5 Å². The quantitative estimate of drug-likeness (QED) is 0.559. The number of morpholine rings is 1. The van der Waals surface area contributed by atoms with Gasteiger partial charge in [0.2, 0.25) is 0 Å². The molecule has 0 N–H and O–H groups in total. The van der Waals surface area contributed by atoms with Crippen LogP contribution in [0.5, 0.6) is 0 Å². The van der Waals surface area contributed by atoms with Gasteiger partial charge in [-0.15, -0.1) is 11.3 Å². The number of para-hydroxylation sites is 1. The second-order valence-electron chi connectivity index (χ2n) is 10.1. The average molecular weight is 478 g/mol. The van der Waals surface area contributed by atoms with Crippen LogP contribution in [-0.2, 0) is 24.1 Å². The van der Waals surface area contributed by atoms with Crippen LogP contribution in [0.25, 0.3) is 10.2 Å². The summed E-state index contributed by atoms with van der Waals surface area (Å²) in [6, 6.07) is 8.75. The molecule has 2 fully saturated rings. The topological polar surface area (TPSA) is 44.7 Å². The first-order valence-electron chi connectivity index (χ1n) is 12.8. The first-order valence-corrected chi connectivity index (χ1v) is 13.6. The summed E-state index contributed by atoms with van der Waals surface area (Å²) >= 11 is 1.93. The fourth-order valence-corrected chi connectivity index (χ4v) is 7.10. The van der Waals surface area contributed by atoms with Crippen molar-refractivity contribution < 1.29 is 4.74 Å². The zero-order chi connectivity index (χ0) is 23.1. The Morgan fingerprint density at radius 1 is 1.00 bits per heavy atom. The van der Waals surface area contributed by atoms with E-state index in [9.17, 15) is 0 Å². The first kappa shape index (κ1) is 22.3. The summed E-state index contributed by atoms with van der Waals surface area (Å²) in [5.74, 6) is 2.92. The lowest BCUT2D eigenvalue weighted by atomic mass is 9.89. The summed E-state index contributed by atoms with van der Waals surface area (Å²) in [6.45, 7) is 13.0. The molecule has 6 nitrogen and oxygen atoms in total. The van der Waals surface area contributed by atoms with Crippen LogP contribution in [0.1, 0.15) is 35.2 Å². The average Bonchev–Trinajstić information content (AvgIpc) is 3.22. The number of benzene rings is 1. The molecule has 1 aromatic carbocycles. The smallest absolute Gasteiger partial charge is 0.146 e. The van der Waals surface area contributed by atoms with Gasteiger partial charge in [-0.2, -0.15) is 0 Å². The number of hydrogen-bond donors (Lipinski definition) is 0. The molecule has 1 unspecified atom stereocenters. The molecule has 0 amide bonds. The summed E-state index contributed by atoms with van der Waals surface area (Å²) in [5, 5.41) is 1.35. The van der Waals surface area contributed by atoms with E-state index >= 15 is 0 Å². The number of hydrogen-bond acceptors (Lipinski definition) is 7. The van der Waals surface area contributed by atoms with Gasteiger partial charge in [-0.25, -0.2) is 9.97 Å². The molecule has 2 aliphatic heterocycles. The molecule has 0 bridgehead atoms. The molecule has 7 heteroatoms. The molecule has 34 heavy (non-hydrogen) atoms. The Morgan fingerprint density at radius 2 is 1.76 bits per heavy atom. The van der Waals surface area contributed by atoms with E-state index in [-0.39, 0.29) is 0 Å². The van der Waals surface area contributed by atoms with E-state index in [1.165, 1.54) is 52.1 Å². The number of fused-ring (bicyclic) bond motifs is 3. The van der Waals surface area contributed by atoms with Crippen molar-refractivity contribution in [3.05, 3.63) is 46.1 Å². The Kier molecular flexibility index (Phi) is 6.18. The van der Waals surface area contributed by atoms with E-state index in [1.807, 2.05) is 11.3 Å². The van der Waals surface area contributed by atoms with Gasteiger partial charge in [-0.05, 0) is 49.3 Å². The number of aromatic nitrogens is 2. The maximum atomic E-state index is 5.55. The first-order chi connectivity index (χ1) is 16.7. The van der Waals surface area contributed by atoms with Gasteiger partial charge in [0.25, 0.3) is 0 Å². The highest BCUT2D eigenvalue weighted by molar-refractivity contribution is 7.19. The lowest BCUT2D eigenvalue weighted by Gasteiger charge is -2.38. The number of nitrogens with zero attached hydrogens (tertiary/aromatic N) is 5. The summed E-state index contributed by atoms with van der Waals surface area (Å²) in [4.78, 5) is 20.6. The van der Waals surface area contributed by atoms with Gasteiger partial charge >= 0.3 is 0 Å². The van der Waals surface area contributed by atoms with Crippen LogP contribution >= 0.6 is 11.3 Å². The van der Waals surface area contributed by atoms with Crippen LogP contribution in [0.15, 0.2) is 24.3 Å². The van der Waals surface area contributed by atoms with Crippen LogP contribution in [0.3, 0.4) is 0 Å². The maximum Gasteiger partial charge on any atom is 0.146 e. The highest BCUT2D eigenvalue weighted by Gasteiger charge is 2.28. The molecular formula is C27H35N5OS. The van der Waals surface area contributed by atoms with Crippen molar-refractivity contribution in [2.45, 2.75) is 39.7 Å². The highest BCUT2D eigenvalue weighted by atomic mass is 32.1. The van der Waals surface area contributed by atoms with Crippen LogP contribution in [0.2, 0.25) is 0 Å². The standard InChI is InChI=1S/C27H35N5OS/c1-19-7-8-21-23(17-19)34-27-25(21)26(28-24(29-27)18-30-13-15-33-16-14-30)32-11-9-31(10-12-32)22-6-4-3-5-20(22)2/h3-6,19H,7-18H2,1-2H3. The molecule has 1 aliphatic carbocycles. The third-order valence-electron chi connectivity index (χ3n) is 7.69. The molecule has 2 aromatic heterocycles. The van der Waals surface area contributed by atoms with Crippen molar-refractivity contribution in [2.24, 2.45) is 5.92 Å². The second-order valence-corrected chi connectivity index (χ2v) is 11.2. The molecule has 180 valence electrons. The molecule has 6 rings (SSSR count). The molecule has 3 aromatic rings. The molecule has 2 saturated heterocycles. The van der Waals surface area contributed by atoms with E-state index in [1.54, 1.807) is 4.88 Å². The van der Waals surface area contributed by atoms with Gasteiger partial charge in [0, 0.05) is 49.8 Å². The monoisotopic (exact) mass is 477 g/mol. The van der Waals surface area contributed by atoms with E-state index in [2.05, 4.69) is 52.8 Å². The number of ether oxygens (including phenoxy) is 1. The summed E-state index contributed by atoms with van der Waals surface area (Å²) < 4.78 is 5.55. The number of aryl methyl sites for hydroxylation is 2. The lowest BCUT2D eigenvalue weighted by Crippen LogP contribution is -2.47. The van der Waals surface area contributed by atoms with Gasteiger partial charge in [-0.1, -0.05) is 25.1 Å². The lowest BCUT2D eigenvalue weighted by molar-refractivity contribution is 0.0331. The SMILES string of the molecule is Cc1ccccc1N1CCN(c2nc(CN3CCOCC3)nc3sc4c(c23)CCC(C)C4)CC1. The maximum absolute atomic E-state index is 5.55. The summed E-state index contributed by atoms with van der Waals surface area (Å²) in [5.41, 5.74) is 4.26. The molecule has 4 heterocycles. The van der Waals surface area contributed by atoms with Crippen molar-refractivity contribution in [1.82, 2.24) is 14.9 Å². The van der Waals surface area contributed by atoms with Crippen LogP contribution in [-0.4, -0.2) is 67.4 Å². The second kappa shape index (κ2) is 9.44. The number of rotatable bonds is 4. The van der Waals surface area contributed by atoms with Crippen molar-refractivity contribution >= 4 is 33.1 Å². The van der Waals surface area contributed by atoms with Gasteiger partial charge in [0.1, 0.15) is 16.5 Å². The third kappa shape index (κ3) is 4.30. The number of piperazine rings is 1. The van der Waals surface area contributed by atoms with Crippen LogP contribution < -0.4 is 9.80 Å². The number of anilines is 2. The minimum atomic E-state index is 0.766. The van der Waals surface area contributed by atoms with Crippen molar-refractivity contribution in [3.63, 3.8) is 0 Å². The van der Waals surface area contributed by atoms with Gasteiger partial charge < -0.3 is 14.5 Å². The predicted molar refractivity (Wildman–Crippen MR) is 140 cm³/mol. The third-order valence-corrected chi connectivity index (χ3v) is 8.83. The van der Waals surface area contributed by atoms with E-state index in [0.29, 0.717) is 0 Å². The molecule has 0 radical (unpaired) electrons. The Balaban J connectivity index is 1.32. The van der Waals surface area contributed by atoms with Crippen molar-refractivity contribution in [1.29, 1.82) is 0 Å². The Bertz CT molecular complexity index is 1160. The van der Waals surface area contributed by atoms with Gasteiger partial charge in [0.05, 0.1) is 25.1 Å². The van der Waals surface area contributed by atoms with Crippen molar-refractivity contribution in [3.8, 4) is 0 Å². The Hall–Kier alpha value is -2.22. The fraction of sp³-hybridized carbons (Fsp3) is 0.556. The molecule has 0 saturated carbocycles. The summed E-state index contributed by atoms with van der Waals surface area (Å²) in [6.07, 6.45) is 3.63. The van der Waals surface area contributed by atoms with Crippen molar-refractivity contribution in [2.75, 3.05) is 62.3 Å². The van der Waals surface area contributed by atoms with Crippen LogP contribution in [0, 0.1) is 12.8 Å². The van der Waals surface area contributed by atoms with E-state index < -0.39 is 0 Å². The normalized spacial score (nSPS) is 21.8. The Morgan fingerprint density at radius 3 is 2.56 bits per heavy atom. The predicted octanol–water partition coefficient (Wildman–Crippen LogP) is 4.28. The van der Waals surface area contributed by atoms with Gasteiger partial charge in [-0.3, -0.25) is 4.90 Å². The zero-order valence-corrected chi connectivity index (χ0v) is 21.2. The minimum Gasteiger partial charge on any atom is -0.379 e. The molecule has 1 atom stereocenters.